The van der Waals surface area contributed by atoms with Gasteiger partial charge in [0.25, 0.3) is 5.91 Å². The van der Waals surface area contributed by atoms with Gasteiger partial charge in [0.1, 0.15) is 5.82 Å². The highest BCUT2D eigenvalue weighted by atomic mass is 19.2. The van der Waals surface area contributed by atoms with Crippen molar-refractivity contribution in [3.8, 4) is 0 Å². The minimum absolute atomic E-state index is 0.0710. The van der Waals surface area contributed by atoms with Gasteiger partial charge in [0.15, 0.2) is 11.6 Å². The van der Waals surface area contributed by atoms with Gasteiger partial charge in [0.2, 0.25) is 0 Å². The predicted molar refractivity (Wildman–Crippen MR) is 88.2 cm³/mol. The summed E-state index contributed by atoms with van der Waals surface area (Å²) in [5.74, 6) is -4.31. The van der Waals surface area contributed by atoms with Gasteiger partial charge in [-0.1, -0.05) is 6.07 Å². The topological polar surface area (TPSA) is 101 Å². The molecular weight excluding hydrogens is 353 g/mol. The van der Waals surface area contributed by atoms with E-state index < -0.39 is 43.1 Å². The summed E-state index contributed by atoms with van der Waals surface area (Å²) in [4.78, 5) is 13.4. The van der Waals surface area contributed by atoms with Crippen LogP contribution in [0.25, 0.3) is 0 Å². The Hall–Kier alpha value is -2.33. The molecule has 0 saturated heterocycles. The molecule has 0 bridgehead atoms. The van der Waals surface area contributed by atoms with Crippen molar-refractivity contribution in [2.45, 2.75) is 6.54 Å². The molecule has 4 N–H and O–H groups in total. The number of amides is 1. The van der Waals surface area contributed by atoms with Crippen LogP contribution in [0.2, 0.25) is 0 Å². The van der Waals surface area contributed by atoms with Crippen molar-refractivity contribution in [2.75, 3.05) is 7.05 Å². The van der Waals surface area contributed by atoms with Crippen LogP contribution in [-0.2, 0) is 6.54 Å². The minimum atomic E-state index is -2.23. The fourth-order valence-electron chi connectivity index (χ4n) is 2.40. The van der Waals surface area contributed by atoms with Gasteiger partial charge in [-0.15, -0.1) is 0 Å². The average Bonchev–Trinajstić information content (AvgIpc) is 2.56. The molecule has 0 aliphatic rings. The van der Waals surface area contributed by atoms with Crippen molar-refractivity contribution in [2.24, 2.45) is 0 Å². The summed E-state index contributed by atoms with van der Waals surface area (Å²) >= 11 is 0. The molecule has 0 aliphatic heterocycles. The molecule has 0 aliphatic carbocycles. The van der Waals surface area contributed by atoms with Crippen LogP contribution in [0.1, 0.15) is 15.9 Å². The quantitative estimate of drug-likeness (QED) is 0.495. The molecule has 2 rings (SSSR count). The largest absolute Gasteiger partial charge is 0.491 e. The lowest BCUT2D eigenvalue weighted by molar-refractivity contribution is 0.0784. The fourth-order valence-corrected chi connectivity index (χ4v) is 2.40. The first-order valence-corrected chi connectivity index (χ1v) is 7.36. The number of hydrogen-bond donors (Lipinski definition) is 4. The zero-order valence-corrected chi connectivity index (χ0v) is 13.5. The second-order valence-electron chi connectivity index (χ2n) is 5.66. The summed E-state index contributed by atoms with van der Waals surface area (Å²) in [5, 5.41) is 36.3. The number of rotatable bonds is 5. The molecule has 0 unspecified atom stereocenters. The van der Waals surface area contributed by atoms with E-state index in [1.165, 1.54) is 7.05 Å². The monoisotopic (exact) mass is 367 g/mol. The highest BCUT2D eigenvalue weighted by Gasteiger charge is 2.23. The molecule has 2 aromatic carbocycles. The summed E-state index contributed by atoms with van der Waals surface area (Å²) in [6.07, 6.45) is 0. The Labute approximate surface area is 147 Å². The van der Waals surface area contributed by atoms with E-state index in [0.717, 1.165) is 35.2 Å². The third-order valence-corrected chi connectivity index (χ3v) is 3.63. The molecule has 1 amide bonds. The van der Waals surface area contributed by atoms with Gasteiger partial charge in [-0.05, 0) is 35.3 Å². The third-order valence-electron chi connectivity index (χ3n) is 3.63. The van der Waals surface area contributed by atoms with Crippen molar-refractivity contribution < 1.29 is 38.1 Å². The van der Waals surface area contributed by atoms with E-state index in [1.54, 1.807) is 0 Å². The van der Waals surface area contributed by atoms with Crippen LogP contribution in [0.3, 0.4) is 0 Å². The molecule has 6 nitrogen and oxygen atoms in total. The molecule has 0 heterocycles. The van der Waals surface area contributed by atoms with Crippen LogP contribution >= 0.6 is 0 Å². The zero-order valence-electron chi connectivity index (χ0n) is 13.5. The summed E-state index contributed by atoms with van der Waals surface area (Å²) in [7, 11) is -2.90. The number of carbonyl (C=O) groups excluding carboxylic acids is 1. The summed E-state index contributed by atoms with van der Waals surface area (Å²) < 4.78 is 40.6. The van der Waals surface area contributed by atoms with E-state index >= 15 is 0 Å². The van der Waals surface area contributed by atoms with Crippen LogP contribution < -0.4 is 10.9 Å². The maximum atomic E-state index is 13.6. The summed E-state index contributed by atoms with van der Waals surface area (Å²) in [6, 6.07) is 4.60. The molecule has 0 atom stereocenters. The first-order valence-electron chi connectivity index (χ1n) is 7.36. The first-order chi connectivity index (χ1) is 12.1. The van der Waals surface area contributed by atoms with Crippen LogP contribution in [-0.4, -0.2) is 52.2 Å². The van der Waals surface area contributed by atoms with E-state index in [4.69, 9.17) is 20.1 Å². The number of hydrogen-bond acceptors (Lipinski definition) is 5. The van der Waals surface area contributed by atoms with Crippen molar-refractivity contribution >= 4 is 31.1 Å². The number of benzene rings is 2. The van der Waals surface area contributed by atoms with Crippen molar-refractivity contribution in [3.63, 3.8) is 0 Å². The molecule has 11 heteroatoms. The Balaban J connectivity index is 2.28. The van der Waals surface area contributed by atoms with Crippen molar-refractivity contribution in [1.82, 2.24) is 4.90 Å². The predicted octanol–water partition coefficient (Wildman–Crippen LogP) is -1.26. The molecule has 0 spiro atoms. The highest BCUT2D eigenvalue weighted by Crippen LogP contribution is 2.12. The van der Waals surface area contributed by atoms with Gasteiger partial charge >= 0.3 is 14.2 Å². The maximum Gasteiger partial charge on any atom is 0.491 e. The van der Waals surface area contributed by atoms with E-state index in [1.807, 2.05) is 0 Å². The van der Waals surface area contributed by atoms with Crippen molar-refractivity contribution in [3.05, 3.63) is 58.9 Å². The Bertz CT molecular complexity index is 835. The highest BCUT2D eigenvalue weighted by molar-refractivity contribution is 6.59. The van der Waals surface area contributed by atoms with Gasteiger partial charge in [-0.25, -0.2) is 13.2 Å². The van der Waals surface area contributed by atoms with Crippen LogP contribution in [0.5, 0.6) is 0 Å². The maximum absolute atomic E-state index is 13.6. The molecule has 136 valence electrons. The molecule has 2 aromatic rings. The second-order valence-corrected chi connectivity index (χ2v) is 5.66. The van der Waals surface area contributed by atoms with Crippen molar-refractivity contribution in [1.29, 1.82) is 0 Å². The van der Waals surface area contributed by atoms with Gasteiger partial charge in [0, 0.05) is 24.6 Å². The third kappa shape index (κ3) is 4.44. The Morgan fingerprint density at radius 2 is 1.65 bits per heavy atom. The van der Waals surface area contributed by atoms with E-state index in [2.05, 4.69) is 0 Å². The van der Waals surface area contributed by atoms with E-state index in [-0.39, 0.29) is 23.1 Å². The fraction of sp³-hybridized carbons (Fsp3) is 0.133. The normalized spacial score (nSPS) is 10.6. The SMILES string of the molecule is CN(Cc1cc(F)c(F)c(B(O)O)c1)C(=O)c1cc(F)cc(B(O)O)c1. The van der Waals surface area contributed by atoms with Gasteiger partial charge < -0.3 is 25.0 Å². The number of nitrogens with zero attached hydrogens (tertiary/aromatic N) is 1. The van der Waals surface area contributed by atoms with Crippen LogP contribution in [0.4, 0.5) is 13.2 Å². The Morgan fingerprint density at radius 1 is 1.00 bits per heavy atom. The molecule has 26 heavy (non-hydrogen) atoms. The van der Waals surface area contributed by atoms with Crippen LogP contribution in [0, 0.1) is 17.5 Å². The number of carbonyl (C=O) groups is 1. The summed E-state index contributed by atoms with van der Waals surface area (Å²) in [6.45, 7) is -0.247. The zero-order chi connectivity index (χ0) is 19.6. The average molecular weight is 367 g/mol. The Kier molecular flexibility index (Phi) is 6.09. The smallest absolute Gasteiger partial charge is 0.423 e. The lowest BCUT2D eigenvalue weighted by atomic mass is 9.79. The molecule has 0 saturated carbocycles. The Morgan fingerprint density at radius 3 is 2.23 bits per heavy atom. The van der Waals surface area contributed by atoms with Gasteiger partial charge in [-0.3, -0.25) is 4.79 Å². The van der Waals surface area contributed by atoms with E-state index in [0.29, 0.717) is 0 Å². The van der Waals surface area contributed by atoms with E-state index in [9.17, 15) is 18.0 Å². The van der Waals surface area contributed by atoms with Gasteiger partial charge in [0.05, 0.1) is 0 Å². The number of halogens is 3. The lowest BCUT2D eigenvalue weighted by Gasteiger charge is -2.19. The first kappa shape index (κ1) is 20.0. The van der Waals surface area contributed by atoms with Crippen LogP contribution in [0.15, 0.2) is 30.3 Å². The lowest BCUT2D eigenvalue weighted by Crippen LogP contribution is -2.35. The van der Waals surface area contributed by atoms with Gasteiger partial charge in [-0.2, -0.15) is 0 Å². The molecule has 0 aromatic heterocycles. The standard InChI is InChI=1S/C15H14B2F3NO5/c1-21(7-8-2-12(17(25)26)14(20)13(19)3-8)15(22)9-4-10(16(23)24)6-11(18)5-9/h2-6,23-26H,7H2,1H3. The second kappa shape index (κ2) is 7.92. The summed E-state index contributed by atoms with van der Waals surface area (Å²) in [5.41, 5.74) is -1.01. The molecular formula is C15H14B2F3NO5. The molecule has 0 radical (unpaired) electrons. The minimum Gasteiger partial charge on any atom is -0.423 e. The molecule has 0 fully saturated rings.